The number of nitrogens with two attached hydrogens (primary N) is 1. The van der Waals surface area contributed by atoms with Gasteiger partial charge in [0.05, 0.1) is 25.2 Å². The fourth-order valence-corrected chi connectivity index (χ4v) is 5.68. The van der Waals surface area contributed by atoms with Crippen LogP contribution in [0.5, 0.6) is 11.5 Å². The van der Waals surface area contributed by atoms with Gasteiger partial charge in [0.25, 0.3) is 0 Å². The number of carbonyl (C=O) groups is 1. The van der Waals surface area contributed by atoms with Crippen molar-refractivity contribution < 1.29 is 22.7 Å². The van der Waals surface area contributed by atoms with Crippen molar-refractivity contribution >= 4 is 15.9 Å². The van der Waals surface area contributed by atoms with Gasteiger partial charge in [-0.1, -0.05) is 30.3 Å². The van der Waals surface area contributed by atoms with Crippen molar-refractivity contribution in [1.82, 2.24) is 4.31 Å². The van der Waals surface area contributed by atoms with E-state index in [0.717, 1.165) is 16.7 Å². The highest BCUT2D eigenvalue weighted by atomic mass is 32.2. The Morgan fingerprint density at radius 2 is 1.59 bits per heavy atom. The summed E-state index contributed by atoms with van der Waals surface area (Å²) in [4.78, 5) is 11.5. The van der Waals surface area contributed by atoms with Crippen LogP contribution in [0.3, 0.4) is 0 Å². The molecule has 0 radical (unpaired) electrons. The molecule has 0 bridgehead atoms. The lowest BCUT2D eigenvalue weighted by atomic mass is 9.89. The van der Waals surface area contributed by atoms with E-state index in [1.165, 1.54) is 28.6 Å². The Morgan fingerprint density at radius 1 is 0.969 bits per heavy atom. The molecule has 0 saturated carbocycles. The SMILES string of the molecule is COc1cc2c(cc1OC)[C@@H](c1ccccc1)N(S(=O)(=O)c1ccc(C(N)=O)cc1)CC2. The summed E-state index contributed by atoms with van der Waals surface area (Å²) in [7, 11) is -0.738. The molecule has 1 atom stereocenters. The highest BCUT2D eigenvalue weighted by Crippen LogP contribution is 2.43. The zero-order chi connectivity index (χ0) is 22.9. The van der Waals surface area contributed by atoms with Crippen LogP contribution >= 0.6 is 0 Å². The molecule has 2 N–H and O–H groups in total. The zero-order valence-electron chi connectivity index (χ0n) is 17.8. The van der Waals surface area contributed by atoms with E-state index in [1.807, 2.05) is 42.5 Å². The number of benzene rings is 3. The zero-order valence-corrected chi connectivity index (χ0v) is 18.6. The van der Waals surface area contributed by atoms with Gasteiger partial charge in [0, 0.05) is 12.1 Å². The average molecular weight is 453 g/mol. The second-order valence-corrected chi connectivity index (χ2v) is 9.36. The molecular formula is C24H24N2O5S. The molecule has 1 amide bonds. The van der Waals surface area contributed by atoms with Crippen LogP contribution in [-0.4, -0.2) is 39.4 Å². The van der Waals surface area contributed by atoms with Gasteiger partial charge in [-0.3, -0.25) is 4.79 Å². The van der Waals surface area contributed by atoms with Crippen molar-refractivity contribution in [3.8, 4) is 11.5 Å². The maximum absolute atomic E-state index is 13.7. The molecule has 8 heteroatoms. The molecule has 0 spiro atoms. The van der Waals surface area contributed by atoms with Crippen LogP contribution in [0.25, 0.3) is 0 Å². The molecule has 1 aliphatic rings. The van der Waals surface area contributed by atoms with Gasteiger partial charge < -0.3 is 15.2 Å². The molecule has 1 aliphatic heterocycles. The summed E-state index contributed by atoms with van der Waals surface area (Å²) in [5.74, 6) is 0.540. The lowest BCUT2D eigenvalue weighted by Gasteiger charge is -2.37. The fourth-order valence-electron chi connectivity index (χ4n) is 4.09. The predicted octanol–water partition coefficient (Wildman–Crippen LogP) is 3.14. The van der Waals surface area contributed by atoms with Crippen LogP contribution in [0, 0.1) is 0 Å². The highest BCUT2D eigenvalue weighted by Gasteiger charge is 2.38. The minimum atomic E-state index is -3.87. The van der Waals surface area contributed by atoms with Gasteiger partial charge >= 0.3 is 0 Å². The number of carbonyl (C=O) groups excluding carboxylic acids is 1. The highest BCUT2D eigenvalue weighted by molar-refractivity contribution is 7.89. The van der Waals surface area contributed by atoms with Crippen LogP contribution in [0.4, 0.5) is 0 Å². The third kappa shape index (κ3) is 3.83. The summed E-state index contributed by atoms with van der Waals surface area (Å²) in [6, 6.07) is 18.4. The van der Waals surface area contributed by atoms with Gasteiger partial charge in [0.1, 0.15) is 0 Å². The summed E-state index contributed by atoms with van der Waals surface area (Å²) in [6.45, 7) is 0.294. The van der Waals surface area contributed by atoms with Crippen molar-refractivity contribution in [2.75, 3.05) is 20.8 Å². The molecule has 0 saturated heterocycles. The number of fused-ring (bicyclic) bond motifs is 1. The molecule has 7 nitrogen and oxygen atoms in total. The first kappa shape index (κ1) is 21.9. The molecule has 0 aromatic heterocycles. The number of rotatable bonds is 6. The molecule has 4 rings (SSSR count). The second-order valence-electron chi connectivity index (χ2n) is 7.47. The molecule has 166 valence electrons. The van der Waals surface area contributed by atoms with Gasteiger partial charge in [0.15, 0.2) is 11.5 Å². The lowest BCUT2D eigenvalue weighted by molar-refractivity contribution is 0.1000. The van der Waals surface area contributed by atoms with Crippen LogP contribution < -0.4 is 15.2 Å². The first-order chi connectivity index (χ1) is 15.4. The number of methoxy groups -OCH3 is 2. The minimum absolute atomic E-state index is 0.104. The van der Waals surface area contributed by atoms with Crippen molar-refractivity contribution in [2.45, 2.75) is 17.4 Å². The van der Waals surface area contributed by atoms with Crippen molar-refractivity contribution in [3.63, 3.8) is 0 Å². The number of primary amides is 1. The Labute approximate surface area is 187 Å². The Bertz CT molecular complexity index is 1240. The Balaban J connectivity index is 1.86. The number of nitrogens with zero attached hydrogens (tertiary/aromatic N) is 1. The maximum Gasteiger partial charge on any atom is 0.248 e. The van der Waals surface area contributed by atoms with E-state index >= 15 is 0 Å². The van der Waals surface area contributed by atoms with Gasteiger partial charge in [0.2, 0.25) is 15.9 Å². The first-order valence-corrected chi connectivity index (χ1v) is 11.5. The largest absolute Gasteiger partial charge is 0.493 e. The van der Waals surface area contributed by atoms with E-state index < -0.39 is 22.0 Å². The first-order valence-electron chi connectivity index (χ1n) is 10.1. The normalized spacial score (nSPS) is 16.2. The van der Waals surface area contributed by atoms with Crippen molar-refractivity contribution in [3.05, 3.63) is 89.0 Å². The van der Waals surface area contributed by atoms with Crippen LogP contribution in [0.1, 0.15) is 33.1 Å². The summed E-state index contributed by atoms with van der Waals surface area (Å²) >= 11 is 0. The number of amides is 1. The predicted molar refractivity (Wildman–Crippen MR) is 120 cm³/mol. The van der Waals surface area contributed by atoms with E-state index in [0.29, 0.717) is 24.5 Å². The summed E-state index contributed by atoms with van der Waals surface area (Å²) in [5, 5.41) is 0. The van der Waals surface area contributed by atoms with E-state index in [-0.39, 0.29) is 10.5 Å². The van der Waals surface area contributed by atoms with Gasteiger partial charge in [-0.05, 0) is 59.5 Å². The fraction of sp³-hybridized carbons (Fsp3) is 0.208. The summed E-state index contributed by atoms with van der Waals surface area (Å²) < 4.78 is 39.8. The van der Waals surface area contributed by atoms with Crippen LogP contribution in [0.15, 0.2) is 71.6 Å². The number of ether oxygens (including phenoxy) is 2. The molecule has 0 aliphatic carbocycles. The van der Waals surface area contributed by atoms with Crippen molar-refractivity contribution in [2.24, 2.45) is 5.73 Å². The maximum atomic E-state index is 13.7. The Hall–Kier alpha value is -3.36. The van der Waals surface area contributed by atoms with E-state index in [9.17, 15) is 13.2 Å². The van der Waals surface area contributed by atoms with Gasteiger partial charge in [-0.25, -0.2) is 8.42 Å². The summed E-state index contributed by atoms with van der Waals surface area (Å²) in [6.07, 6.45) is 0.525. The van der Waals surface area contributed by atoms with Crippen LogP contribution in [0.2, 0.25) is 0 Å². The Kier molecular flexibility index (Phi) is 5.90. The monoisotopic (exact) mass is 452 g/mol. The summed E-state index contributed by atoms with van der Waals surface area (Å²) in [5.41, 5.74) is 8.25. The smallest absolute Gasteiger partial charge is 0.248 e. The average Bonchev–Trinajstić information content (AvgIpc) is 2.82. The van der Waals surface area contributed by atoms with Gasteiger partial charge in [-0.15, -0.1) is 0 Å². The third-order valence-corrected chi connectivity index (χ3v) is 7.57. The molecule has 32 heavy (non-hydrogen) atoms. The van der Waals surface area contributed by atoms with Crippen LogP contribution in [-0.2, 0) is 16.4 Å². The Morgan fingerprint density at radius 3 is 2.19 bits per heavy atom. The quantitative estimate of drug-likeness (QED) is 0.620. The number of hydrogen-bond acceptors (Lipinski definition) is 5. The standard InChI is InChI=1S/C24H24N2O5S/c1-30-21-14-18-12-13-26(32(28,29)19-10-8-17(9-11-19)24(25)27)23(16-6-4-3-5-7-16)20(18)15-22(21)31-2/h3-11,14-15,23H,12-13H2,1-2H3,(H2,25,27)/t23-/m1/s1. The molecule has 0 unspecified atom stereocenters. The number of sulfonamides is 1. The topological polar surface area (TPSA) is 98.9 Å². The van der Waals surface area contributed by atoms with E-state index in [2.05, 4.69) is 0 Å². The second kappa shape index (κ2) is 8.64. The van der Waals surface area contributed by atoms with E-state index in [1.54, 1.807) is 14.2 Å². The van der Waals surface area contributed by atoms with E-state index in [4.69, 9.17) is 15.2 Å². The molecule has 1 heterocycles. The molecular weight excluding hydrogens is 428 g/mol. The van der Waals surface area contributed by atoms with Gasteiger partial charge in [-0.2, -0.15) is 4.31 Å². The number of hydrogen-bond donors (Lipinski definition) is 1. The van der Waals surface area contributed by atoms with Crippen molar-refractivity contribution in [1.29, 1.82) is 0 Å². The minimum Gasteiger partial charge on any atom is -0.493 e. The lowest BCUT2D eigenvalue weighted by Crippen LogP contribution is -2.40. The molecule has 3 aromatic carbocycles. The molecule has 0 fully saturated rings. The third-order valence-electron chi connectivity index (χ3n) is 5.69. The molecule has 3 aromatic rings.